The molecule has 2 heterocycles. The van der Waals surface area contributed by atoms with E-state index < -0.39 is 0 Å². The first-order valence-electron chi connectivity index (χ1n) is 5.86. The molecule has 0 aromatic carbocycles. The van der Waals surface area contributed by atoms with E-state index in [-0.39, 0.29) is 5.92 Å². The number of hydrogen-bond acceptors (Lipinski definition) is 3. The molecule has 1 unspecified atom stereocenters. The largest absolute Gasteiger partial charge is 0.340 e. The first kappa shape index (κ1) is 11.6. The van der Waals surface area contributed by atoms with Crippen molar-refractivity contribution in [1.82, 2.24) is 10.2 Å². The number of carbonyl (C=O) groups excluding carboxylic acids is 1. The molecule has 0 aliphatic carbocycles. The van der Waals surface area contributed by atoms with E-state index in [2.05, 4.69) is 18.3 Å². The number of piperazine rings is 1. The van der Waals surface area contributed by atoms with Gasteiger partial charge in [0.1, 0.15) is 0 Å². The molecule has 1 fully saturated rings. The fourth-order valence-electron chi connectivity index (χ4n) is 2.09. The highest BCUT2D eigenvalue weighted by Crippen LogP contribution is 2.26. The van der Waals surface area contributed by atoms with Crippen molar-refractivity contribution >= 4 is 17.2 Å². The van der Waals surface area contributed by atoms with Gasteiger partial charge in [0, 0.05) is 31.1 Å². The highest BCUT2D eigenvalue weighted by molar-refractivity contribution is 7.10. The molecular weight excluding hydrogens is 220 g/mol. The van der Waals surface area contributed by atoms with Crippen molar-refractivity contribution in [1.29, 1.82) is 0 Å². The molecular formula is C12H18N2OS. The lowest BCUT2D eigenvalue weighted by Crippen LogP contribution is -2.47. The van der Waals surface area contributed by atoms with E-state index in [4.69, 9.17) is 0 Å². The first-order valence-corrected chi connectivity index (χ1v) is 6.73. The second-order valence-corrected chi connectivity index (χ2v) is 5.03. The highest BCUT2D eigenvalue weighted by Gasteiger charge is 2.25. The number of amides is 1. The molecule has 4 heteroatoms. The van der Waals surface area contributed by atoms with Crippen LogP contribution in [-0.4, -0.2) is 37.0 Å². The molecule has 1 atom stereocenters. The predicted molar refractivity (Wildman–Crippen MR) is 66.8 cm³/mol. The van der Waals surface area contributed by atoms with Crippen LogP contribution < -0.4 is 5.32 Å². The Morgan fingerprint density at radius 3 is 2.88 bits per heavy atom. The van der Waals surface area contributed by atoms with Gasteiger partial charge in [0.25, 0.3) is 0 Å². The molecule has 0 saturated carbocycles. The molecule has 1 N–H and O–H groups in total. The van der Waals surface area contributed by atoms with Gasteiger partial charge in [0.15, 0.2) is 0 Å². The second-order valence-electron chi connectivity index (χ2n) is 4.05. The molecule has 1 aliphatic heterocycles. The quantitative estimate of drug-likeness (QED) is 0.869. The summed E-state index contributed by atoms with van der Waals surface area (Å²) in [5.41, 5.74) is 0. The minimum Gasteiger partial charge on any atom is -0.340 e. The average molecular weight is 238 g/mol. The van der Waals surface area contributed by atoms with Gasteiger partial charge in [-0.25, -0.2) is 0 Å². The third kappa shape index (κ3) is 2.44. The van der Waals surface area contributed by atoms with Crippen LogP contribution >= 0.6 is 11.3 Å². The highest BCUT2D eigenvalue weighted by atomic mass is 32.1. The topological polar surface area (TPSA) is 32.3 Å². The van der Waals surface area contributed by atoms with E-state index in [9.17, 15) is 4.79 Å². The van der Waals surface area contributed by atoms with Crippen molar-refractivity contribution in [3.8, 4) is 0 Å². The maximum Gasteiger partial charge on any atom is 0.231 e. The summed E-state index contributed by atoms with van der Waals surface area (Å²) in [4.78, 5) is 15.5. The van der Waals surface area contributed by atoms with E-state index in [0.717, 1.165) is 32.6 Å². The van der Waals surface area contributed by atoms with Gasteiger partial charge in [0.2, 0.25) is 5.91 Å². The van der Waals surface area contributed by atoms with Gasteiger partial charge >= 0.3 is 0 Å². The number of nitrogens with one attached hydrogen (secondary N) is 1. The Morgan fingerprint density at radius 1 is 1.56 bits per heavy atom. The lowest BCUT2D eigenvalue weighted by atomic mass is 10.0. The molecule has 88 valence electrons. The van der Waals surface area contributed by atoms with Crippen LogP contribution in [-0.2, 0) is 4.79 Å². The Kier molecular flexibility index (Phi) is 3.96. The Morgan fingerprint density at radius 2 is 2.31 bits per heavy atom. The molecule has 0 radical (unpaired) electrons. The molecule has 1 aliphatic rings. The van der Waals surface area contributed by atoms with Gasteiger partial charge in [-0.15, -0.1) is 11.3 Å². The van der Waals surface area contributed by atoms with Gasteiger partial charge < -0.3 is 10.2 Å². The predicted octanol–water partition coefficient (Wildman–Crippen LogP) is 1.67. The molecule has 1 saturated heterocycles. The van der Waals surface area contributed by atoms with Crippen LogP contribution in [0.25, 0.3) is 0 Å². The third-order valence-electron chi connectivity index (χ3n) is 3.02. The number of thiophene rings is 1. The lowest BCUT2D eigenvalue weighted by molar-refractivity contribution is -0.133. The third-order valence-corrected chi connectivity index (χ3v) is 4.01. The van der Waals surface area contributed by atoms with Crippen LogP contribution in [0.3, 0.4) is 0 Å². The SMILES string of the molecule is CCC(C(=O)N1CCNCC1)c1cccs1. The fourth-order valence-corrected chi connectivity index (χ4v) is 3.00. The van der Waals surface area contributed by atoms with Gasteiger partial charge in [-0.2, -0.15) is 0 Å². The van der Waals surface area contributed by atoms with Crippen molar-refractivity contribution < 1.29 is 4.79 Å². The number of nitrogens with zero attached hydrogens (tertiary/aromatic N) is 1. The van der Waals surface area contributed by atoms with Crippen molar-refractivity contribution in [3.05, 3.63) is 22.4 Å². The van der Waals surface area contributed by atoms with E-state index in [1.807, 2.05) is 16.3 Å². The van der Waals surface area contributed by atoms with Crippen LogP contribution in [0.5, 0.6) is 0 Å². The van der Waals surface area contributed by atoms with E-state index >= 15 is 0 Å². The van der Waals surface area contributed by atoms with Gasteiger partial charge in [0.05, 0.1) is 5.92 Å². The summed E-state index contributed by atoms with van der Waals surface area (Å²) in [6, 6.07) is 4.09. The van der Waals surface area contributed by atoms with Gasteiger partial charge in [-0.1, -0.05) is 13.0 Å². The van der Waals surface area contributed by atoms with E-state index in [1.165, 1.54) is 4.88 Å². The Labute approximate surface area is 100 Å². The standard InChI is InChI=1S/C12H18N2OS/c1-2-10(11-4-3-9-16-11)12(15)14-7-5-13-6-8-14/h3-4,9-10,13H,2,5-8H2,1H3. The molecule has 0 spiro atoms. The Bertz CT molecular complexity index is 331. The summed E-state index contributed by atoms with van der Waals surface area (Å²) < 4.78 is 0. The summed E-state index contributed by atoms with van der Waals surface area (Å²) >= 11 is 1.68. The van der Waals surface area contributed by atoms with Crippen molar-refractivity contribution in [2.45, 2.75) is 19.3 Å². The minimum atomic E-state index is 0.0677. The monoisotopic (exact) mass is 238 g/mol. The molecule has 1 aromatic rings. The van der Waals surface area contributed by atoms with Gasteiger partial charge in [-0.3, -0.25) is 4.79 Å². The van der Waals surface area contributed by atoms with Gasteiger partial charge in [-0.05, 0) is 17.9 Å². The molecule has 1 aromatic heterocycles. The van der Waals surface area contributed by atoms with Crippen LogP contribution in [0, 0.1) is 0 Å². The lowest BCUT2D eigenvalue weighted by Gasteiger charge is -2.30. The summed E-state index contributed by atoms with van der Waals surface area (Å²) in [7, 11) is 0. The maximum absolute atomic E-state index is 12.3. The van der Waals surface area contributed by atoms with Crippen molar-refractivity contribution in [2.75, 3.05) is 26.2 Å². The summed E-state index contributed by atoms with van der Waals surface area (Å²) in [6.45, 7) is 5.63. The zero-order chi connectivity index (χ0) is 11.4. The maximum atomic E-state index is 12.3. The van der Waals surface area contributed by atoms with Crippen LogP contribution in [0.1, 0.15) is 24.1 Å². The molecule has 2 rings (SSSR count). The Hall–Kier alpha value is -0.870. The van der Waals surface area contributed by atoms with E-state index in [0.29, 0.717) is 5.91 Å². The summed E-state index contributed by atoms with van der Waals surface area (Å²) in [5, 5.41) is 5.31. The first-order chi connectivity index (χ1) is 7.83. The normalized spacial score (nSPS) is 18.4. The number of hydrogen-bond donors (Lipinski definition) is 1. The van der Waals surface area contributed by atoms with Crippen molar-refractivity contribution in [3.63, 3.8) is 0 Å². The van der Waals surface area contributed by atoms with Crippen LogP contribution in [0.2, 0.25) is 0 Å². The Balaban J connectivity index is 2.06. The van der Waals surface area contributed by atoms with Crippen LogP contribution in [0.4, 0.5) is 0 Å². The second kappa shape index (κ2) is 5.46. The molecule has 0 bridgehead atoms. The van der Waals surface area contributed by atoms with E-state index in [1.54, 1.807) is 11.3 Å². The minimum absolute atomic E-state index is 0.0677. The molecule has 16 heavy (non-hydrogen) atoms. The van der Waals surface area contributed by atoms with Crippen molar-refractivity contribution in [2.24, 2.45) is 0 Å². The van der Waals surface area contributed by atoms with Crippen LogP contribution in [0.15, 0.2) is 17.5 Å². The molecule has 3 nitrogen and oxygen atoms in total. The average Bonchev–Trinajstić information content (AvgIpc) is 2.85. The summed E-state index contributed by atoms with van der Waals surface area (Å²) in [5.74, 6) is 0.365. The number of rotatable bonds is 3. The zero-order valence-corrected chi connectivity index (χ0v) is 10.4. The molecule has 1 amide bonds. The number of carbonyl (C=O) groups is 1. The zero-order valence-electron chi connectivity index (χ0n) is 9.61. The smallest absolute Gasteiger partial charge is 0.231 e. The fraction of sp³-hybridized carbons (Fsp3) is 0.583. The summed E-state index contributed by atoms with van der Waals surface area (Å²) in [6.07, 6.45) is 0.892.